The smallest absolute Gasteiger partial charge is 0.269 e. The number of aromatic nitrogens is 2. The predicted molar refractivity (Wildman–Crippen MR) is 105 cm³/mol. The van der Waals surface area contributed by atoms with Crippen LogP contribution >= 0.6 is 0 Å². The highest BCUT2D eigenvalue weighted by molar-refractivity contribution is 5.74. The van der Waals surface area contributed by atoms with E-state index in [1.165, 1.54) is 24.3 Å². The van der Waals surface area contributed by atoms with E-state index in [2.05, 4.69) is 0 Å². The highest BCUT2D eigenvalue weighted by Crippen LogP contribution is 2.31. The van der Waals surface area contributed by atoms with Gasteiger partial charge in [0.1, 0.15) is 5.82 Å². The van der Waals surface area contributed by atoms with Gasteiger partial charge < -0.3 is 4.90 Å². The Hall–Kier alpha value is -3.55. The Balaban J connectivity index is 1.73. The van der Waals surface area contributed by atoms with Crippen LogP contribution in [0.5, 0.6) is 0 Å². The van der Waals surface area contributed by atoms with Gasteiger partial charge in [-0.3, -0.25) is 19.6 Å². The quantitative estimate of drug-likeness (QED) is 0.501. The summed E-state index contributed by atoms with van der Waals surface area (Å²) in [7, 11) is 0. The van der Waals surface area contributed by atoms with Crippen molar-refractivity contribution in [1.29, 1.82) is 0 Å². The van der Waals surface area contributed by atoms with Gasteiger partial charge in [0.05, 0.1) is 17.2 Å². The van der Waals surface area contributed by atoms with Gasteiger partial charge in [-0.05, 0) is 29.8 Å². The highest BCUT2D eigenvalue weighted by atomic mass is 19.1. The van der Waals surface area contributed by atoms with Gasteiger partial charge in [-0.1, -0.05) is 12.1 Å². The molecule has 4 rings (SSSR count). The Morgan fingerprint density at radius 2 is 1.86 bits per heavy atom. The van der Waals surface area contributed by atoms with Crippen molar-refractivity contribution in [2.24, 2.45) is 0 Å². The summed E-state index contributed by atoms with van der Waals surface area (Å²) < 4.78 is 15.2. The van der Waals surface area contributed by atoms with Crippen LogP contribution in [-0.2, 0) is 24.3 Å². The number of carbonyl (C=O) groups excluding carboxylic acids is 1. The lowest BCUT2D eigenvalue weighted by atomic mass is 10.0. The molecule has 0 bridgehead atoms. The molecule has 1 aliphatic rings. The van der Waals surface area contributed by atoms with E-state index in [4.69, 9.17) is 5.10 Å². The molecule has 0 fully saturated rings. The molecule has 1 aliphatic heterocycles. The van der Waals surface area contributed by atoms with E-state index >= 15 is 0 Å². The summed E-state index contributed by atoms with van der Waals surface area (Å²) in [4.78, 5) is 24.1. The Kier molecular flexibility index (Phi) is 4.84. The predicted octanol–water partition coefficient (Wildman–Crippen LogP) is 3.55. The molecule has 0 saturated carbocycles. The van der Waals surface area contributed by atoms with Gasteiger partial charge in [0.2, 0.25) is 5.91 Å². The second kappa shape index (κ2) is 7.46. The van der Waals surface area contributed by atoms with E-state index in [-0.39, 0.29) is 17.4 Å². The lowest BCUT2D eigenvalue weighted by Crippen LogP contribution is -2.34. The average molecular weight is 394 g/mol. The van der Waals surface area contributed by atoms with Crippen LogP contribution in [0.15, 0.2) is 48.5 Å². The number of halogens is 1. The normalized spacial score (nSPS) is 13.2. The molecule has 2 aromatic carbocycles. The Labute approximate surface area is 166 Å². The molecule has 0 aliphatic carbocycles. The molecule has 0 radical (unpaired) electrons. The second-order valence-corrected chi connectivity index (χ2v) is 7.05. The number of nitro benzene ring substituents is 1. The maximum Gasteiger partial charge on any atom is 0.269 e. The summed E-state index contributed by atoms with van der Waals surface area (Å²) in [6.45, 7) is 3.07. The second-order valence-electron chi connectivity index (χ2n) is 7.05. The molecule has 0 atom stereocenters. The zero-order chi connectivity index (χ0) is 20.5. The standard InChI is InChI=1S/C21H19FN4O3/c1-14(27)24-11-10-20-19(13-24)21(16-4-6-17(22)7-5-16)23-25(20)12-15-2-8-18(9-3-15)26(28)29/h2-9H,10-13H2,1H3. The van der Waals surface area contributed by atoms with Gasteiger partial charge in [-0.2, -0.15) is 5.10 Å². The van der Waals surface area contributed by atoms with Crippen molar-refractivity contribution < 1.29 is 14.1 Å². The molecule has 148 valence electrons. The lowest BCUT2D eigenvalue weighted by molar-refractivity contribution is -0.384. The topological polar surface area (TPSA) is 81.3 Å². The van der Waals surface area contributed by atoms with Gasteiger partial charge >= 0.3 is 0 Å². The van der Waals surface area contributed by atoms with E-state index in [9.17, 15) is 19.3 Å². The molecule has 2 heterocycles. The number of hydrogen-bond acceptors (Lipinski definition) is 4. The lowest BCUT2D eigenvalue weighted by Gasteiger charge is -2.27. The summed E-state index contributed by atoms with van der Waals surface area (Å²) >= 11 is 0. The van der Waals surface area contributed by atoms with Crippen molar-refractivity contribution in [1.82, 2.24) is 14.7 Å². The zero-order valence-corrected chi connectivity index (χ0v) is 15.8. The van der Waals surface area contributed by atoms with Crippen LogP contribution in [0.2, 0.25) is 0 Å². The first-order valence-electron chi connectivity index (χ1n) is 9.25. The monoisotopic (exact) mass is 394 g/mol. The van der Waals surface area contributed by atoms with E-state index < -0.39 is 4.92 Å². The fraction of sp³-hybridized carbons (Fsp3) is 0.238. The van der Waals surface area contributed by atoms with Crippen LogP contribution in [0, 0.1) is 15.9 Å². The fourth-order valence-corrected chi connectivity index (χ4v) is 3.63. The molecule has 0 spiro atoms. The molecule has 3 aromatic rings. The van der Waals surface area contributed by atoms with E-state index in [0.717, 1.165) is 28.1 Å². The number of benzene rings is 2. The molecule has 1 aromatic heterocycles. The third-order valence-corrected chi connectivity index (χ3v) is 5.18. The van der Waals surface area contributed by atoms with Gasteiger partial charge in [-0.15, -0.1) is 0 Å². The largest absolute Gasteiger partial charge is 0.338 e. The minimum atomic E-state index is -0.428. The first-order valence-corrected chi connectivity index (χ1v) is 9.25. The molecular formula is C21H19FN4O3. The Morgan fingerprint density at radius 1 is 1.17 bits per heavy atom. The molecule has 1 amide bonds. The number of non-ortho nitro benzene ring substituents is 1. The van der Waals surface area contributed by atoms with Crippen molar-refractivity contribution in [2.45, 2.75) is 26.4 Å². The molecule has 7 nitrogen and oxygen atoms in total. The van der Waals surface area contributed by atoms with Crippen LogP contribution < -0.4 is 0 Å². The van der Waals surface area contributed by atoms with Crippen LogP contribution in [-0.4, -0.2) is 32.1 Å². The Morgan fingerprint density at radius 3 is 2.48 bits per heavy atom. The van der Waals surface area contributed by atoms with Crippen LogP contribution in [0.1, 0.15) is 23.7 Å². The van der Waals surface area contributed by atoms with Crippen molar-refractivity contribution in [3.8, 4) is 11.3 Å². The van der Waals surface area contributed by atoms with E-state index in [1.807, 2.05) is 4.68 Å². The third-order valence-electron chi connectivity index (χ3n) is 5.18. The van der Waals surface area contributed by atoms with Gasteiger partial charge in [0, 0.05) is 55.4 Å². The molecule has 0 unspecified atom stereocenters. The van der Waals surface area contributed by atoms with Gasteiger partial charge in [0.25, 0.3) is 5.69 Å². The molecule has 0 N–H and O–H groups in total. The number of carbonyl (C=O) groups is 1. The average Bonchev–Trinajstić information content (AvgIpc) is 3.06. The Bertz CT molecular complexity index is 1070. The summed E-state index contributed by atoms with van der Waals surface area (Å²) in [5.74, 6) is -0.317. The van der Waals surface area contributed by atoms with Crippen LogP contribution in [0.25, 0.3) is 11.3 Å². The molecular weight excluding hydrogens is 375 g/mol. The maximum absolute atomic E-state index is 13.4. The molecule has 0 saturated heterocycles. The van der Waals surface area contributed by atoms with Crippen molar-refractivity contribution in [3.05, 3.63) is 81.3 Å². The van der Waals surface area contributed by atoms with Gasteiger partial charge in [-0.25, -0.2) is 4.39 Å². The fourth-order valence-electron chi connectivity index (χ4n) is 3.63. The number of rotatable bonds is 4. The number of hydrogen-bond donors (Lipinski definition) is 0. The molecule has 29 heavy (non-hydrogen) atoms. The van der Waals surface area contributed by atoms with E-state index in [1.54, 1.807) is 36.1 Å². The minimum absolute atomic E-state index is 0.00354. The van der Waals surface area contributed by atoms with E-state index in [0.29, 0.717) is 26.1 Å². The first-order chi connectivity index (χ1) is 13.9. The number of fused-ring (bicyclic) bond motifs is 1. The van der Waals surface area contributed by atoms with Crippen molar-refractivity contribution in [3.63, 3.8) is 0 Å². The number of nitro groups is 1. The summed E-state index contributed by atoms with van der Waals surface area (Å²) in [6, 6.07) is 12.5. The van der Waals surface area contributed by atoms with Crippen LogP contribution in [0.4, 0.5) is 10.1 Å². The third kappa shape index (κ3) is 3.73. The SMILES string of the molecule is CC(=O)N1CCc2c(c(-c3ccc(F)cc3)nn2Cc2ccc([N+](=O)[O-])cc2)C1. The van der Waals surface area contributed by atoms with Gasteiger partial charge in [0.15, 0.2) is 0 Å². The zero-order valence-electron chi connectivity index (χ0n) is 15.8. The van der Waals surface area contributed by atoms with Crippen molar-refractivity contribution in [2.75, 3.05) is 6.54 Å². The number of amides is 1. The number of nitrogens with zero attached hydrogens (tertiary/aromatic N) is 4. The first kappa shape index (κ1) is 18.8. The summed E-state index contributed by atoms with van der Waals surface area (Å²) in [6.07, 6.45) is 0.663. The maximum atomic E-state index is 13.4. The van der Waals surface area contributed by atoms with Crippen molar-refractivity contribution >= 4 is 11.6 Å². The summed E-state index contributed by atoms with van der Waals surface area (Å²) in [5, 5.41) is 15.6. The van der Waals surface area contributed by atoms with Crippen LogP contribution in [0.3, 0.4) is 0 Å². The minimum Gasteiger partial charge on any atom is -0.338 e. The molecule has 8 heteroatoms. The highest BCUT2D eigenvalue weighted by Gasteiger charge is 2.26. The summed E-state index contributed by atoms with van der Waals surface area (Å²) in [5.41, 5.74) is 4.43.